The number of hydrogen-bond acceptors (Lipinski definition) is 7. The molecule has 0 radical (unpaired) electrons. The van der Waals surface area contributed by atoms with Crippen LogP contribution >= 0.6 is 35.0 Å². The van der Waals surface area contributed by atoms with Crippen molar-refractivity contribution < 1.29 is 23.9 Å². The lowest BCUT2D eigenvalue weighted by atomic mass is 10.1. The number of nitrogens with zero attached hydrogens (tertiary/aromatic N) is 1. The van der Waals surface area contributed by atoms with Gasteiger partial charge in [-0.25, -0.2) is 4.79 Å². The number of halogens is 2. The minimum atomic E-state index is -0.702. The zero-order valence-electron chi connectivity index (χ0n) is 15.8. The Labute approximate surface area is 191 Å². The van der Waals surface area contributed by atoms with Crippen molar-refractivity contribution in [1.82, 2.24) is 0 Å². The summed E-state index contributed by atoms with van der Waals surface area (Å²) in [6.45, 7) is -0.465. The van der Waals surface area contributed by atoms with Crippen LogP contribution in [0, 0.1) is 0 Å². The summed E-state index contributed by atoms with van der Waals surface area (Å²) in [5.41, 5.74) is 6.36. The van der Waals surface area contributed by atoms with Crippen LogP contribution in [0.25, 0.3) is 0 Å². The Morgan fingerprint density at radius 3 is 2.35 bits per heavy atom. The Hall–Kier alpha value is -2.88. The molecule has 0 aliphatic carbocycles. The van der Waals surface area contributed by atoms with Gasteiger partial charge < -0.3 is 15.8 Å². The zero-order valence-corrected chi connectivity index (χ0v) is 18.1. The van der Waals surface area contributed by atoms with E-state index in [2.05, 4.69) is 10.3 Å². The highest BCUT2D eigenvalue weighted by molar-refractivity contribution is 8.15. The van der Waals surface area contributed by atoms with Crippen LogP contribution in [0.5, 0.6) is 0 Å². The maximum absolute atomic E-state index is 12.2. The monoisotopic (exact) mass is 479 g/mol. The summed E-state index contributed by atoms with van der Waals surface area (Å²) in [6.07, 6.45) is -0.0751. The van der Waals surface area contributed by atoms with Crippen LogP contribution in [0.2, 0.25) is 10.0 Å². The molecule has 0 saturated carbocycles. The first-order chi connectivity index (χ1) is 14.7. The average Bonchev–Trinajstić information content (AvgIpc) is 3.04. The Kier molecular flexibility index (Phi) is 7.32. The topological polar surface area (TPSA) is 128 Å². The number of ketones is 1. The number of nitrogens with two attached hydrogens (primary N) is 1. The van der Waals surface area contributed by atoms with Crippen molar-refractivity contribution >= 4 is 69.4 Å². The SMILES string of the molecule is NC1=NC(=O)C(CC(=O)Nc2ccc(C(=O)OCC(=O)c3ccc(Cl)c(Cl)c3)cc2)S1. The predicted octanol–water partition coefficient (Wildman–Crippen LogP) is 3.32. The first kappa shape index (κ1) is 22.8. The third-order valence-electron chi connectivity index (χ3n) is 4.11. The number of Topliss-reactive ketones (excluding diaryl/α,β-unsaturated/α-hetero) is 1. The van der Waals surface area contributed by atoms with E-state index in [0.29, 0.717) is 10.7 Å². The second-order valence-corrected chi connectivity index (χ2v) is 8.39. The summed E-state index contributed by atoms with van der Waals surface area (Å²) in [4.78, 5) is 51.5. The maximum atomic E-state index is 12.2. The molecule has 1 heterocycles. The quantitative estimate of drug-likeness (QED) is 0.460. The molecule has 2 aromatic rings. The minimum absolute atomic E-state index is 0.0751. The largest absolute Gasteiger partial charge is 0.454 e. The van der Waals surface area contributed by atoms with Gasteiger partial charge in [0.2, 0.25) is 5.91 Å². The number of thioether (sulfide) groups is 1. The summed E-state index contributed by atoms with van der Waals surface area (Å²) >= 11 is 12.7. The van der Waals surface area contributed by atoms with Gasteiger partial charge in [-0.1, -0.05) is 35.0 Å². The van der Waals surface area contributed by atoms with Crippen molar-refractivity contribution in [3.8, 4) is 0 Å². The molecule has 1 aliphatic heterocycles. The van der Waals surface area contributed by atoms with Crippen molar-refractivity contribution in [2.75, 3.05) is 11.9 Å². The van der Waals surface area contributed by atoms with Gasteiger partial charge >= 0.3 is 5.97 Å². The predicted molar refractivity (Wildman–Crippen MR) is 119 cm³/mol. The van der Waals surface area contributed by atoms with E-state index in [0.717, 1.165) is 11.8 Å². The number of aliphatic imine (C=N–C) groups is 1. The van der Waals surface area contributed by atoms with Gasteiger partial charge in [0.25, 0.3) is 5.91 Å². The standard InChI is InChI=1S/C20H15Cl2N3O5S/c21-13-6-3-11(7-14(13)22)15(26)9-30-19(29)10-1-4-12(5-2-10)24-17(27)8-16-18(28)25-20(23)31-16/h1-7,16H,8-9H2,(H,24,27)(H2,23,25,28). The van der Waals surface area contributed by atoms with Gasteiger partial charge in [-0.05, 0) is 42.5 Å². The molecule has 11 heteroatoms. The van der Waals surface area contributed by atoms with Gasteiger partial charge in [0.1, 0.15) is 5.25 Å². The molecule has 1 aliphatic rings. The van der Waals surface area contributed by atoms with E-state index in [-0.39, 0.29) is 27.7 Å². The van der Waals surface area contributed by atoms with Crippen molar-refractivity contribution in [2.45, 2.75) is 11.7 Å². The minimum Gasteiger partial charge on any atom is -0.454 e. The molecule has 0 spiro atoms. The van der Waals surface area contributed by atoms with Crippen molar-refractivity contribution in [2.24, 2.45) is 10.7 Å². The molecule has 0 bridgehead atoms. The molecule has 0 fully saturated rings. The Morgan fingerprint density at radius 1 is 1.06 bits per heavy atom. The third kappa shape index (κ3) is 6.06. The normalized spacial score (nSPS) is 15.4. The van der Waals surface area contributed by atoms with Crippen LogP contribution in [0.4, 0.5) is 5.69 Å². The molecule has 31 heavy (non-hydrogen) atoms. The van der Waals surface area contributed by atoms with E-state index < -0.39 is 35.4 Å². The highest BCUT2D eigenvalue weighted by Crippen LogP contribution is 2.24. The van der Waals surface area contributed by atoms with Gasteiger partial charge in [-0.2, -0.15) is 4.99 Å². The number of benzene rings is 2. The number of carbonyl (C=O) groups excluding carboxylic acids is 4. The number of amides is 2. The zero-order chi connectivity index (χ0) is 22.5. The van der Waals surface area contributed by atoms with Gasteiger partial charge in [0.05, 0.1) is 15.6 Å². The summed E-state index contributed by atoms with van der Waals surface area (Å²) in [6, 6.07) is 10.3. The van der Waals surface area contributed by atoms with E-state index in [1.807, 2.05) is 0 Å². The molecule has 2 amide bonds. The molecule has 1 unspecified atom stereocenters. The van der Waals surface area contributed by atoms with Crippen LogP contribution in [0.15, 0.2) is 47.5 Å². The van der Waals surface area contributed by atoms with Crippen LogP contribution in [-0.2, 0) is 14.3 Å². The highest BCUT2D eigenvalue weighted by Gasteiger charge is 2.29. The highest BCUT2D eigenvalue weighted by atomic mass is 35.5. The first-order valence-corrected chi connectivity index (χ1v) is 10.5. The number of nitrogens with one attached hydrogen (secondary N) is 1. The van der Waals surface area contributed by atoms with Gasteiger partial charge in [-0.3, -0.25) is 14.4 Å². The van der Waals surface area contributed by atoms with E-state index >= 15 is 0 Å². The molecule has 0 aromatic heterocycles. The third-order valence-corrected chi connectivity index (χ3v) is 5.83. The number of hydrogen-bond donors (Lipinski definition) is 2. The molecule has 160 valence electrons. The Bertz CT molecular complexity index is 1090. The lowest BCUT2D eigenvalue weighted by Gasteiger charge is -2.09. The fraction of sp³-hybridized carbons (Fsp3) is 0.150. The summed E-state index contributed by atoms with van der Waals surface area (Å²) in [5.74, 6) is -1.96. The second kappa shape index (κ2) is 9.95. The summed E-state index contributed by atoms with van der Waals surface area (Å²) in [7, 11) is 0. The number of esters is 1. The first-order valence-electron chi connectivity index (χ1n) is 8.83. The van der Waals surface area contributed by atoms with Crippen LogP contribution < -0.4 is 11.1 Å². The lowest BCUT2D eigenvalue weighted by Crippen LogP contribution is -2.21. The Morgan fingerprint density at radius 2 is 1.74 bits per heavy atom. The Balaban J connectivity index is 1.50. The van der Waals surface area contributed by atoms with Crippen molar-refractivity contribution in [3.05, 3.63) is 63.6 Å². The molecule has 1 atom stereocenters. The second-order valence-electron chi connectivity index (χ2n) is 6.35. The molecule has 3 rings (SSSR count). The molecular weight excluding hydrogens is 465 g/mol. The number of ether oxygens (including phenoxy) is 1. The van der Waals surface area contributed by atoms with Crippen molar-refractivity contribution in [3.63, 3.8) is 0 Å². The summed E-state index contributed by atoms with van der Waals surface area (Å²) in [5, 5.41) is 2.67. The van der Waals surface area contributed by atoms with Crippen LogP contribution in [0.1, 0.15) is 27.1 Å². The average molecular weight is 480 g/mol. The van der Waals surface area contributed by atoms with Gasteiger partial charge in [0, 0.05) is 17.7 Å². The maximum Gasteiger partial charge on any atom is 0.338 e. The number of carbonyl (C=O) groups is 4. The molecule has 8 nitrogen and oxygen atoms in total. The molecule has 0 saturated heterocycles. The number of anilines is 1. The van der Waals surface area contributed by atoms with E-state index in [1.165, 1.54) is 42.5 Å². The molecule has 2 aromatic carbocycles. The fourth-order valence-electron chi connectivity index (χ4n) is 2.57. The summed E-state index contributed by atoms with van der Waals surface area (Å²) < 4.78 is 5.03. The van der Waals surface area contributed by atoms with Crippen molar-refractivity contribution in [1.29, 1.82) is 0 Å². The fourth-order valence-corrected chi connectivity index (χ4v) is 3.69. The molecule has 3 N–H and O–H groups in total. The van der Waals surface area contributed by atoms with Gasteiger partial charge in [0.15, 0.2) is 17.6 Å². The number of amidine groups is 1. The van der Waals surface area contributed by atoms with E-state index in [9.17, 15) is 19.2 Å². The smallest absolute Gasteiger partial charge is 0.338 e. The molecular formula is C20H15Cl2N3O5S. The lowest BCUT2D eigenvalue weighted by molar-refractivity contribution is -0.121. The van der Waals surface area contributed by atoms with E-state index in [4.69, 9.17) is 33.7 Å². The van der Waals surface area contributed by atoms with Crippen LogP contribution in [-0.4, -0.2) is 40.6 Å². The van der Waals surface area contributed by atoms with E-state index in [1.54, 1.807) is 0 Å². The van der Waals surface area contributed by atoms with Gasteiger partial charge in [-0.15, -0.1) is 0 Å². The van der Waals surface area contributed by atoms with Crippen LogP contribution in [0.3, 0.4) is 0 Å². The number of rotatable bonds is 7.